The van der Waals surface area contributed by atoms with Crippen molar-refractivity contribution in [3.05, 3.63) is 34.6 Å². The predicted octanol–water partition coefficient (Wildman–Crippen LogP) is 4.53. The van der Waals surface area contributed by atoms with Gasteiger partial charge in [-0.2, -0.15) is 0 Å². The molecule has 1 N–H and O–H groups in total. The van der Waals surface area contributed by atoms with Crippen LogP contribution in [0.15, 0.2) is 12.1 Å². The van der Waals surface area contributed by atoms with Gasteiger partial charge in [0.25, 0.3) is 0 Å². The summed E-state index contributed by atoms with van der Waals surface area (Å²) in [5.74, 6) is 2.60. The van der Waals surface area contributed by atoms with Crippen molar-refractivity contribution >= 4 is 0 Å². The van der Waals surface area contributed by atoms with Crippen molar-refractivity contribution in [3.63, 3.8) is 0 Å². The Morgan fingerprint density at radius 2 is 1.80 bits per heavy atom. The molecule has 2 fully saturated rings. The Morgan fingerprint density at radius 3 is 2.35 bits per heavy atom. The van der Waals surface area contributed by atoms with E-state index in [0.29, 0.717) is 6.04 Å². The van der Waals surface area contributed by atoms with Crippen LogP contribution in [-0.4, -0.2) is 6.54 Å². The number of nitrogens with one attached hydrogen (secondary N) is 1. The molecule has 0 spiro atoms. The minimum Gasteiger partial charge on any atom is -0.310 e. The third-order valence-electron chi connectivity index (χ3n) is 5.29. The minimum atomic E-state index is -0.0426. The maximum atomic E-state index is 13.9. The number of rotatable bonds is 5. The zero-order valence-electron chi connectivity index (χ0n) is 12.9. The molecule has 2 aliphatic rings. The Labute approximate surface area is 122 Å². The Balaban J connectivity index is 1.85. The first-order chi connectivity index (χ1) is 9.63. The summed E-state index contributed by atoms with van der Waals surface area (Å²) in [6.07, 6.45) is 5.36. The predicted molar refractivity (Wildman–Crippen MR) is 81.2 cm³/mol. The first-order valence-electron chi connectivity index (χ1n) is 8.13. The smallest absolute Gasteiger partial charge is 0.129 e. The van der Waals surface area contributed by atoms with E-state index >= 15 is 0 Å². The lowest BCUT2D eigenvalue weighted by Gasteiger charge is -2.22. The van der Waals surface area contributed by atoms with Crippen molar-refractivity contribution in [1.82, 2.24) is 5.32 Å². The third kappa shape index (κ3) is 2.39. The second-order valence-electron chi connectivity index (χ2n) is 6.74. The lowest BCUT2D eigenvalue weighted by molar-refractivity contribution is 0.416. The lowest BCUT2D eigenvalue weighted by Crippen LogP contribution is -2.25. The lowest BCUT2D eigenvalue weighted by atomic mass is 9.94. The van der Waals surface area contributed by atoms with Gasteiger partial charge in [0.2, 0.25) is 0 Å². The normalized spacial score (nSPS) is 29.3. The van der Waals surface area contributed by atoms with Crippen LogP contribution < -0.4 is 5.32 Å². The van der Waals surface area contributed by atoms with Gasteiger partial charge in [-0.15, -0.1) is 0 Å². The van der Waals surface area contributed by atoms with Crippen LogP contribution in [0.1, 0.15) is 55.3 Å². The first-order valence-corrected chi connectivity index (χ1v) is 8.13. The summed E-state index contributed by atoms with van der Waals surface area (Å²) in [4.78, 5) is 0. The average Bonchev–Trinajstić information content (AvgIpc) is 2.89. The van der Waals surface area contributed by atoms with E-state index in [9.17, 15) is 4.39 Å². The van der Waals surface area contributed by atoms with Crippen LogP contribution in [0.25, 0.3) is 0 Å². The van der Waals surface area contributed by atoms with Crippen molar-refractivity contribution in [2.45, 2.75) is 52.5 Å². The summed E-state index contributed by atoms with van der Waals surface area (Å²) in [7, 11) is 0. The first kappa shape index (κ1) is 14.1. The molecule has 0 saturated heterocycles. The monoisotopic (exact) mass is 275 g/mol. The molecule has 0 bridgehead atoms. The molecule has 0 amide bonds. The standard InChI is InChI=1S/C18H26FN/c1-4-8-20-18(16-14-6-5-7-15(14)16)13-9-11(2)17(19)12(3)10-13/h9-10,14-16,18,20H,4-8H2,1-3H3. The number of benzene rings is 1. The van der Waals surface area contributed by atoms with Gasteiger partial charge in [-0.05, 0) is 74.1 Å². The van der Waals surface area contributed by atoms with Crippen molar-refractivity contribution in [1.29, 1.82) is 0 Å². The highest BCUT2D eigenvalue weighted by Gasteiger charge is 2.55. The van der Waals surface area contributed by atoms with Crippen LogP contribution in [-0.2, 0) is 0 Å². The van der Waals surface area contributed by atoms with Gasteiger partial charge >= 0.3 is 0 Å². The highest BCUT2D eigenvalue weighted by Crippen LogP contribution is 2.62. The fourth-order valence-electron chi connectivity index (χ4n) is 4.31. The summed E-state index contributed by atoms with van der Waals surface area (Å²) in [5, 5.41) is 3.73. The Hall–Kier alpha value is -0.890. The second kappa shape index (κ2) is 5.48. The Morgan fingerprint density at radius 1 is 1.20 bits per heavy atom. The molecule has 110 valence electrons. The molecule has 0 aliphatic heterocycles. The van der Waals surface area contributed by atoms with Gasteiger partial charge < -0.3 is 5.32 Å². The maximum absolute atomic E-state index is 13.9. The van der Waals surface area contributed by atoms with Crippen LogP contribution in [0.4, 0.5) is 4.39 Å². The van der Waals surface area contributed by atoms with Crippen molar-refractivity contribution in [2.24, 2.45) is 17.8 Å². The fourth-order valence-corrected chi connectivity index (χ4v) is 4.31. The summed E-state index contributed by atoms with van der Waals surface area (Å²) < 4.78 is 13.9. The van der Waals surface area contributed by atoms with E-state index in [-0.39, 0.29) is 5.82 Å². The van der Waals surface area contributed by atoms with E-state index in [0.717, 1.165) is 41.8 Å². The number of aryl methyl sites for hydroxylation is 2. The third-order valence-corrected chi connectivity index (χ3v) is 5.29. The van der Waals surface area contributed by atoms with E-state index < -0.39 is 0 Å². The van der Waals surface area contributed by atoms with E-state index in [4.69, 9.17) is 0 Å². The zero-order valence-corrected chi connectivity index (χ0v) is 12.9. The molecule has 3 unspecified atom stereocenters. The van der Waals surface area contributed by atoms with Gasteiger partial charge in [0.15, 0.2) is 0 Å². The molecule has 3 rings (SSSR count). The van der Waals surface area contributed by atoms with E-state index in [1.54, 1.807) is 0 Å². The number of halogens is 1. The molecule has 0 radical (unpaired) electrons. The van der Waals surface area contributed by atoms with Gasteiger partial charge in [-0.25, -0.2) is 4.39 Å². The number of hydrogen-bond donors (Lipinski definition) is 1. The van der Waals surface area contributed by atoms with Gasteiger partial charge in [0.1, 0.15) is 5.82 Å². The second-order valence-corrected chi connectivity index (χ2v) is 6.74. The van der Waals surface area contributed by atoms with E-state index in [1.807, 2.05) is 13.8 Å². The van der Waals surface area contributed by atoms with Gasteiger partial charge in [0, 0.05) is 6.04 Å². The van der Waals surface area contributed by atoms with Crippen LogP contribution in [0.3, 0.4) is 0 Å². The SMILES string of the molecule is CCCNC(c1cc(C)c(F)c(C)c1)C1C2CCCC21. The van der Waals surface area contributed by atoms with Crippen LogP contribution in [0.2, 0.25) is 0 Å². The Kier molecular flexibility index (Phi) is 3.85. The maximum Gasteiger partial charge on any atom is 0.129 e. The molecule has 0 aromatic heterocycles. The molecular weight excluding hydrogens is 249 g/mol. The zero-order chi connectivity index (χ0) is 14.3. The molecule has 2 saturated carbocycles. The quantitative estimate of drug-likeness (QED) is 0.832. The summed E-state index contributed by atoms with van der Waals surface area (Å²) in [6, 6.07) is 4.55. The topological polar surface area (TPSA) is 12.0 Å². The fraction of sp³-hybridized carbons (Fsp3) is 0.667. The molecule has 0 heterocycles. The van der Waals surface area contributed by atoms with Gasteiger partial charge in [0.05, 0.1) is 0 Å². The average molecular weight is 275 g/mol. The Bertz CT molecular complexity index is 463. The van der Waals surface area contributed by atoms with Gasteiger partial charge in [-0.3, -0.25) is 0 Å². The van der Waals surface area contributed by atoms with Crippen LogP contribution >= 0.6 is 0 Å². The minimum absolute atomic E-state index is 0.0426. The van der Waals surface area contributed by atoms with Gasteiger partial charge in [-0.1, -0.05) is 25.5 Å². The highest BCUT2D eigenvalue weighted by atomic mass is 19.1. The molecular formula is C18H26FN. The molecule has 1 aromatic rings. The largest absolute Gasteiger partial charge is 0.310 e. The molecule has 1 aromatic carbocycles. The highest BCUT2D eigenvalue weighted by molar-refractivity contribution is 5.34. The summed E-state index contributed by atoms with van der Waals surface area (Å²) >= 11 is 0. The van der Waals surface area contributed by atoms with E-state index in [1.165, 1.54) is 24.8 Å². The van der Waals surface area contributed by atoms with E-state index in [2.05, 4.69) is 24.4 Å². The van der Waals surface area contributed by atoms with Crippen molar-refractivity contribution in [3.8, 4) is 0 Å². The molecule has 2 heteroatoms. The molecule has 1 nitrogen and oxygen atoms in total. The number of hydrogen-bond acceptors (Lipinski definition) is 1. The molecule has 3 atom stereocenters. The summed E-state index contributed by atoms with van der Waals surface area (Å²) in [6.45, 7) is 7.03. The van der Waals surface area contributed by atoms with Crippen LogP contribution in [0.5, 0.6) is 0 Å². The van der Waals surface area contributed by atoms with Crippen LogP contribution in [0, 0.1) is 37.4 Å². The van der Waals surface area contributed by atoms with Crippen molar-refractivity contribution < 1.29 is 4.39 Å². The number of fused-ring (bicyclic) bond motifs is 1. The van der Waals surface area contributed by atoms with Crippen molar-refractivity contribution in [2.75, 3.05) is 6.54 Å². The molecule has 20 heavy (non-hydrogen) atoms. The molecule has 2 aliphatic carbocycles. The summed E-state index contributed by atoms with van der Waals surface area (Å²) in [5.41, 5.74) is 2.87.